The number of unbranched alkanes of at least 4 members (excludes halogenated alkanes) is 1. The van der Waals surface area contributed by atoms with Crippen LogP contribution in [0.15, 0.2) is 12.1 Å². The van der Waals surface area contributed by atoms with Gasteiger partial charge in [0.2, 0.25) is 0 Å². The third-order valence-electron chi connectivity index (χ3n) is 3.85. The molecule has 0 atom stereocenters. The Morgan fingerprint density at radius 1 is 1.20 bits per heavy atom. The quantitative estimate of drug-likeness (QED) is 0.452. The molecule has 1 aliphatic rings. The van der Waals surface area contributed by atoms with E-state index in [1.807, 2.05) is 6.92 Å². The van der Waals surface area contributed by atoms with Crippen LogP contribution in [0.5, 0.6) is 0 Å². The Balaban J connectivity index is 1.79. The van der Waals surface area contributed by atoms with Crippen LogP contribution < -0.4 is 0 Å². The lowest BCUT2D eigenvalue weighted by Gasteiger charge is -2.08. The van der Waals surface area contributed by atoms with Crippen LogP contribution in [0.2, 0.25) is 0 Å². The second-order valence-electron chi connectivity index (χ2n) is 5.48. The van der Waals surface area contributed by atoms with Crippen LogP contribution in [-0.4, -0.2) is 17.6 Å². The van der Waals surface area contributed by atoms with Gasteiger partial charge in [-0.15, -0.1) is 0 Å². The zero-order chi connectivity index (χ0) is 14.2. The molecule has 0 saturated heterocycles. The molecule has 2 rings (SSSR count). The molecule has 0 amide bonds. The Bertz CT molecular complexity index is 443. The van der Waals surface area contributed by atoms with Crippen molar-refractivity contribution in [3.05, 3.63) is 29.1 Å². The smallest absolute Gasteiger partial charge is 0.305 e. The zero-order valence-electron chi connectivity index (χ0n) is 12.5. The van der Waals surface area contributed by atoms with E-state index in [4.69, 9.17) is 9.72 Å². The maximum absolute atomic E-state index is 11.2. The first-order valence-corrected chi connectivity index (χ1v) is 7.93. The molecule has 0 saturated carbocycles. The van der Waals surface area contributed by atoms with Gasteiger partial charge in [0.15, 0.2) is 0 Å². The van der Waals surface area contributed by atoms with Crippen LogP contribution in [-0.2, 0) is 28.8 Å². The van der Waals surface area contributed by atoms with Gasteiger partial charge >= 0.3 is 5.97 Å². The number of nitrogens with zero attached hydrogens (tertiary/aromatic N) is 1. The fraction of sp³-hybridized carbons (Fsp3) is 0.647. The monoisotopic (exact) mass is 275 g/mol. The number of carbonyl (C=O) groups excluding carboxylic acids is 1. The molecule has 3 nitrogen and oxygen atoms in total. The molecule has 0 bridgehead atoms. The van der Waals surface area contributed by atoms with E-state index < -0.39 is 0 Å². The average Bonchev–Trinajstić information content (AvgIpc) is 2.68. The summed E-state index contributed by atoms with van der Waals surface area (Å²) in [5.41, 5.74) is 3.93. The number of aryl methyl sites for hydroxylation is 3. The molecule has 1 aromatic rings. The highest BCUT2D eigenvalue weighted by Gasteiger charge is 2.10. The maximum atomic E-state index is 11.2. The minimum Gasteiger partial charge on any atom is -0.466 e. The summed E-state index contributed by atoms with van der Waals surface area (Å²) in [5, 5.41) is 0. The molecular weight excluding hydrogens is 250 g/mol. The predicted octanol–water partition coefficient (Wildman–Crippen LogP) is 3.63. The van der Waals surface area contributed by atoms with E-state index in [-0.39, 0.29) is 5.97 Å². The van der Waals surface area contributed by atoms with Crippen LogP contribution in [0, 0.1) is 0 Å². The highest BCUT2D eigenvalue weighted by molar-refractivity contribution is 5.69. The fourth-order valence-corrected chi connectivity index (χ4v) is 2.75. The molecule has 0 fully saturated rings. The first-order valence-electron chi connectivity index (χ1n) is 7.93. The van der Waals surface area contributed by atoms with E-state index >= 15 is 0 Å². The van der Waals surface area contributed by atoms with E-state index in [1.54, 1.807) is 0 Å². The van der Waals surface area contributed by atoms with E-state index in [2.05, 4.69) is 12.1 Å². The lowest BCUT2D eigenvalue weighted by molar-refractivity contribution is -0.143. The van der Waals surface area contributed by atoms with Gasteiger partial charge in [-0.2, -0.15) is 0 Å². The normalized spacial score (nSPS) is 14.4. The summed E-state index contributed by atoms with van der Waals surface area (Å²) < 4.78 is 4.93. The summed E-state index contributed by atoms with van der Waals surface area (Å²) in [6.45, 7) is 2.32. The van der Waals surface area contributed by atoms with Crippen molar-refractivity contribution in [1.82, 2.24) is 4.98 Å². The summed E-state index contributed by atoms with van der Waals surface area (Å²) in [6.07, 6.45) is 9.59. The Morgan fingerprint density at radius 3 is 2.90 bits per heavy atom. The minimum atomic E-state index is -0.0811. The van der Waals surface area contributed by atoms with Crippen molar-refractivity contribution in [3.63, 3.8) is 0 Å². The topological polar surface area (TPSA) is 39.2 Å². The highest BCUT2D eigenvalue weighted by Crippen LogP contribution is 2.19. The number of aromatic nitrogens is 1. The summed E-state index contributed by atoms with van der Waals surface area (Å²) in [7, 11) is 0. The van der Waals surface area contributed by atoms with Gasteiger partial charge in [-0.1, -0.05) is 12.5 Å². The molecule has 0 unspecified atom stereocenters. The summed E-state index contributed by atoms with van der Waals surface area (Å²) >= 11 is 0. The molecule has 1 aromatic heterocycles. The molecule has 0 aliphatic heterocycles. The van der Waals surface area contributed by atoms with Gasteiger partial charge in [0.25, 0.3) is 0 Å². The lowest BCUT2D eigenvalue weighted by Crippen LogP contribution is -2.04. The number of ether oxygens (including phenoxy) is 1. The number of carbonyl (C=O) groups is 1. The standard InChI is InChI=1S/C17H25NO2/c1-2-20-17(19)11-7-6-9-15-13-12-14-8-4-3-5-10-16(14)18-15/h12-13H,2-11H2,1H3. The van der Waals surface area contributed by atoms with Crippen molar-refractivity contribution < 1.29 is 9.53 Å². The van der Waals surface area contributed by atoms with Crippen LogP contribution in [0.25, 0.3) is 0 Å². The Labute approximate surface area is 121 Å². The number of hydrogen-bond donors (Lipinski definition) is 0. The van der Waals surface area contributed by atoms with Gasteiger partial charge in [-0.25, -0.2) is 0 Å². The van der Waals surface area contributed by atoms with E-state index in [1.165, 1.54) is 42.6 Å². The van der Waals surface area contributed by atoms with Gasteiger partial charge in [0, 0.05) is 17.8 Å². The van der Waals surface area contributed by atoms with Crippen molar-refractivity contribution in [3.8, 4) is 0 Å². The van der Waals surface area contributed by atoms with E-state index in [9.17, 15) is 4.79 Å². The zero-order valence-corrected chi connectivity index (χ0v) is 12.5. The minimum absolute atomic E-state index is 0.0811. The average molecular weight is 275 g/mol. The van der Waals surface area contributed by atoms with Gasteiger partial charge in [0.1, 0.15) is 0 Å². The molecule has 0 spiro atoms. The molecule has 20 heavy (non-hydrogen) atoms. The van der Waals surface area contributed by atoms with Crippen molar-refractivity contribution in [1.29, 1.82) is 0 Å². The van der Waals surface area contributed by atoms with Crippen LogP contribution in [0.3, 0.4) is 0 Å². The molecule has 0 aromatic carbocycles. The molecular formula is C17H25NO2. The summed E-state index contributed by atoms with van der Waals surface area (Å²) in [4.78, 5) is 16.1. The summed E-state index contributed by atoms with van der Waals surface area (Å²) in [6, 6.07) is 4.42. The Morgan fingerprint density at radius 2 is 2.05 bits per heavy atom. The van der Waals surface area contributed by atoms with E-state index in [0.29, 0.717) is 13.0 Å². The molecule has 0 radical (unpaired) electrons. The second-order valence-corrected chi connectivity index (χ2v) is 5.48. The first-order chi connectivity index (χ1) is 9.79. The maximum Gasteiger partial charge on any atom is 0.305 e. The third-order valence-corrected chi connectivity index (χ3v) is 3.85. The number of rotatable bonds is 6. The van der Waals surface area contributed by atoms with Gasteiger partial charge < -0.3 is 4.74 Å². The number of hydrogen-bond acceptors (Lipinski definition) is 3. The Hall–Kier alpha value is -1.38. The number of pyridine rings is 1. The Kier molecular flexibility index (Phi) is 6.03. The van der Waals surface area contributed by atoms with Crippen molar-refractivity contribution in [2.24, 2.45) is 0 Å². The van der Waals surface area contributed by atoms with Crippen LogP contribution in [0.4, 0.5) is 0 Å². The highest BCUT2D eigenvalue weighted by atomic mass is 16.5. The molecule has 1 heterocycles. The van der Waals surface area contributed by atoms with Gasteiger partial charge in [-0.05, 0) is 63.5 Å². The molecule has 0 N–H and O–H groups in total. The van der Waals surface area contributed by atoms with Crippen LogP contribution >= 0.6 is 0 Å². The van der Waals surface area contributed by atoms with Crippen molar-refractivity contribution >= 4 is 5.97 Å². The third kappa shape index (κ3) is 4.62. The van der Waals surface area contributed by atoms with Crippen molar-refractivity contribution in [2.75, 3.05) is 6.61 Å². The van der Waals surface area contributed by atoms with E-state index in [0.717, 1.165) is 25.7 Å². The van der Waals surface area contributed by atoms with Crippen molar-refractivity contribution in [2.45, 2.75) is 64.7 Å². The number of esters is 1. The summed E-state index contributed by atoms with van der Waals surface area (Å²) in [5.74, 6) is -0.0811. The molecule has 3 heteroatoms. The largest absolute Gasteiger partial charge is 0.466 e. The second kappa shape index (κ2) is 8.03. The molecule has 110 valence electrons. The lowest BCUT2D eigenvalue weighted by atomic mass is 10.1. The van der Waals surface area contributed by atoms with Crippen LogP contribution in [0.1, 0.15) is 62.4 Å². The van der Waals surface area contributed by atoms with Gasteiger partial charge in [-0.3, -0.25) is 9.78 Å². The predicted molar refractivity (Wildman–Crippen MR) is 79.7 cm³/mol. The van der Waals surface area contributed by atoms with Gasteiger partial charge in [0.05, 0.1) is 6.61 Å². The first kappa shape index (κ1) is 15.0. The molecule has 1 aliphatic carbocycles. The fourth-order valence-electron chi connectivity index (χ4n) is 2.75. The number of fused-ring (bicyclic) bond motifs is 1. The SMILES string of the molecule is CCOC(=O)CCCCc1ccc2c(n1)CCCCC2.